The first-order valence-corrected chi connectivity index (χ1v) is 12.8. The standard InChI is InChI=1S/C23H20BrN6O4P/c24-21-12-11-18(22(29-21)23(17-28-30-25)26-14-15-27-23)13-16-32-35(31,33-19-7-3-1-4-8-19)34-20-9-5-2-6-10-20/h1-12,14-15H,13,16-17H2. The summed E-state index contributed by atoms with van der Waals surface area (Å²) in [5, 5.41) is 3.67. The minimum atomic E-state index is -4.04. The van der Waals surface area contributed by atoms with E-state index in [1.54, 1.807) is 54.6 Å². The van der Waals surface area contributed by atoms with E-state index in [0.29, 0.717) is 28.2 Å². The molecule has 0 spiro atoms. The van der Waals surface area contributed by atoms with Crippen molar-refractivity contribution in [3.63, 3.8) is 0 Å². The molecule has 0 fully saturated rings. The van der Waals surface area contributed by atoms with Gasteiger partial charge < -0.3 is 9.05 Å². The predicted molar refractivity (Wildman–Crippen MR) is 136 cm³/mol. The van der Waals surface area contributed by atoms with Crippen molar-refractivity contribution >= 4 is 36.2 Å². The lowest BCUT2D eigenvalue weighted by atomic mass is 10.00. The van der Waals surface area contributed by atoms with E-state index in [1.165, 1.54) is 12.4 Å². The third kappa shape index (κ3) is 6.35. The number of halogens is 1. The van der Waals surface area contributed by atoms with Crippen molar-refractivity contribution in [1.82, 2.24) is 4.98 Å². The molecule has 0 N–H and O–H groups in total. The monoisotopic (exact) mass is 554 g/mol. The summed E-state index contributed by atoms with van der Waals surface area (Å²) in [6.07, 6.45) is 3.36. The predicted octanol–water partition coefficient (Wildman–Crippen LogP) is 6.29. The van der Waals surface area contributed by atoms with Crippen LogP contribution in [0.5, 0.6) is 11.5 Å². The molecule has 0 radical (unpaired) electrons. The molecular weight excluding hydrogens is 535 g/mol. The average molecular weight is 555 g/mol. The molecule has 0 unspecified atom stereocenters. The van der Waals surface area contributed by atoms with Crippen molar-refractivity contribution in [2.45, 2.75) is 12.1 Å². The van der Waals surface area contributed by atoms with Crippen molar-refractivity contribution < 1.29 is 18.1 Å². The Labute approximate surface area is 210 Å². The number of nitrogens with zero attached hydrogens (tertiary/aromatic N) is 6. The zero-order valence-corrected chi connectivity index (χ0v) is 20.8. The van der Waals surface area contributed by atoms with Gasteiger partial charge in [-0.2, -0.15) is 0 Å². The molecule has 2 heterocycles. The highest BCUT2D eigenvalue weighted by Crippen LogP contribution is 2.49. The summed E-state index contributed by atoms with van der Waals surface area (Å²) < 4.78 is 31.1. The summed E-state index contributed by atoms with van der Waals surface area (Å²) >= 11 is 3.38. The van der Waals surface area contributed by atoms with Gasteiger partial charge in [-0.1, -0.05) is 47.6 Å². The van der Waals surface area contributed by atoms with Crippen LogP contribution in [0.25, 0.3) is 10.4 Å². The summed E-state index contributed by atoms with van der Waals surface area (Å²) in [5.74, 6) is 0.696. The fourth-order valence-electron chi connectivity index (χ4n) is 3.33. The molecule has 178 valence electrons. The molecule has 1 aromatic heterocycles. The van der Waals surface area contributed by atoms with Gasteiger partial charge in [0.15, 0.2) is 5.66 Å². The van der Waals surface area contributed by atoms with Gasteiger partial charge in [0.2, 0.25) is 0 Å². The van der Waals surface area contributed by atoms with Crippen molar-refractivity contribution in [2.24, 2.45) is 15.1 Å². The third-order valence-corrected chi connectivity index (χ3v) is 6.67. The molecule has 0 saturated carbocycles. The van der Waals surface area contributed by atoms with Crippen LogP contribution in [-0.2, 0) is 21.2 Å². The molecule has 0 saturated heterocycles. The average Bonchev–Trinajstić information content (AvgIpc) is 3.35. The Balaban J connectivity index is 1.56. The second-order valence-electron chi connectivity index (χ2n) is 7.24. The maximum atomic E-state index is 13.5. The van der Waals surface area contributed by atoms with Gasteiger partial charge in [-0.3, -0.25) is 14.5 Å². The molecule has 0 aliphatic carbocycles. The molecule has 0 amide bonds. The van der Waals surface area contributed by atoms with E-state index in [1.807, 2.05) is 18.2 Å². The Kier molecular flexibility index (Phi) is 7.94. The number of hydrogen-bond donors (Lipinski definition) is 0. The largest absolute Gasteiger partial charge is 0.587 e. The molecule has 12 heteroatoms. The molecule has 1 aliphatic rings. The maximum absolute atomic E-state index is 13.5. The zero-order valence-electron chi connectivity index (χ0n) is 18.3. The van der Waals surface area contributed by atoms with Crippen LogP contribution in [0.1, 0.15) is 11.3 Å². The van der Waals surface area contributed by atoms with Gasteiger partial charge in [-0.05, 0) is 63.8 Å². The van der Waals surface area contributed by atoms with Gasteiger partial charge in [-0.15, -0.1) is 0 Å². The van der Waals surface area contributed by atoms with Gasteiger partial charge >= 0.3 is 7.82 Å². The summed E-state index contributed by atoms with van der Waals surface area (Å²) in [6.45, 7) is -0.0567. The topological polar surface area (TPSA) is 131 Å². The van der Waals surface area contributed by atoms with Crippen molar-refractivity contribution in [3.05, 3.63) is 99.1 Å². The van der Waals surface area contributed by atoms with E-state index in [4.69, 9.17) is 19.1 Å². The third-order valence-electron chi connectivity index (χ3n) is 4.86. The van der Waals surface area contributed by atoms with E-state index in [0.717, 1.165) is 5.56 Å². The molecule has 0 atom stereocenters. The summed E-state index contributed by atoms with van der Waals surface area (Å²) in [7, 11) is -4.04. The number of benzene rings is 2. The Morgan fingerprint density at radius 1 is 0.943 bits per heavy atom. The Bertz CT molecular complexity index is 1260. The number of rotatable bonds is 11. The zero-order chi connectivity index (χ0) is 24.6. The summed E-state index contributed by atoms with van der Waals surface area (Å²) in [6, 6.07) is 20.9. The van der Waals surface area contributed by atoms with Crippen LogP contribution < -0.4 is 9.05 Å². The Hall–Kier alpha value is -3.49. The van der Waals surface area contributed by atoms with Crippen molar-refractivity contribution in [3.8, 4) is 11.5 Å². The molecule has 0 bridgehead atoms. The highest BCUT2D eigenvalue weighted by Gasteiger charge is 2.36. The molecule has 1 aliphatic heterocycles. The summed E-state index contributed by atoms with van der Waals surface area (Å²) in [4.78, 5) is 16.2. The fourth-order valence-corrected chi connectivity index (χ4v) is 4.85. The van der Waals surface area contributed by atoms with Crippen LogP contribution in [0, 0.1) is 0 Å². The number of aromatic nitrogens is 1. The van der Waals surface area contributed by atoms with Crippen LogP contribution in [0.2, 0.25) is 0 Å². The van der Waals surface area contributed by atoms with Gasteiger partial charge in [0, 0.05) is 17.3 Å². The molecule has 35 heavy (non-hydrogen) atoms. The first-order chi connectivity index (χ1) is 17.0. The molecule has 3 aromatic rings. The van der Waals surface area contributed by atoms with Gasteiger partial charge in [0.1, 0.15) is 16.1 Å². The van der Waals surface area contributed by atoms with Crippen LogP contribution in [0.15, 0.2) is 92.5 Å². The van der Waals surface area contributed by atoms with Gasteiger partial charge in [0.05, 0.1) is 18.8 Å². The number of azide groups is 1. The van der Waals surface area contributed by atoms with E-state index in [9.17, 15) is 4.57 Å². The van der Waals surface area contributed by atoms with Gasteiger partial charge in [0.25, 0.3) is 0 Å². The van der Waals surface area contributed by atoms with Crippen LogP contribution >= 0.6 is 23.8 Å². The van der Waals surface area contributed by atoms with E-state index >= 15 is 0 Å². The Morgan fingerprint density at radius 2 is 1.54 bits per heavy atom. The van der Waals surface area contributed by atoms with Gasteiger partial charge in [-0.25, -0.2) is 9.55 Å². The lowest BCUT2D eigenvalue weighted by Crippen LogP contribution is -2.26. The molecular formula is C23H20BrN6O4P. The minimum absolute atomic E-state index is 0.0156. The second-order valence-corrected chi connectivity index (χ2v) is 9.57. The molecule has 2 aromatic carbocycles. The number of aliphatic imine (C=N–C) groups is 2. The lowest BCUT2D eigenvalue weighted by molar-refractivity contribution is 0.211. The van der Waals surface area contributed by atoms with E-state index in [-0.39, 0.29) is 13.2 Å². The smallest absolute Gasteiger partial charge is 0.395 e. The quantitative estimate of drug-likeness (QED) is 0.0903. The first-order valence-electron chi connectivity index (χ1n) is 10.5. The van der Waals surface area contributed by atoms with Crippen molar-refractivity contribution in [1.29, 1.82) is 0 Å². The number of phosphoric ester groups is 1. The van der Waals surface area contributed by atoms with E-state index in [2.05, 4.69) is 40.9 Å². The lowest BCUT2D eigenvalue weighted by Gasteiger charge is -2.24. The highest BCUT2D eigenvalue weighted by atomic mass is 79.9. The van der Waals surface area contributed by atoms with Crippen LogP contribution in [0.3, 0.4) is 0 Å². The SMILES string of the molecule is [N-]=[N+]=NCC1(c2nc(Br)ccc2CCOP(=O)(Oc2ccccc2)Oc2ccccc2)N=CC=N1. The summed E-state index contributed by atoms with van der Waals surface area (Å²) in [5.41, 5.74) is 8.88. The van der Waals surface area contributed by atoms with Crippen LogP contribution in [0.4, 0.5) is 0 Å². The Morgan fingerprint density at radius 3 is 2.11 bits per heavy atom. The highest BCUT2D eigenvalue weighted by molar-refractivity contribution is 9.10. The second kappa shape index (κ2) is 11.3. The minimum Gasteiger partial charge on any atom is -0.395 e. The normalized spacial score (nSPS) is 13.9. The number of para-hydroxylation sites is 2. The van der Waals surface area contributed by atoms with E-state index < -0.39 is 13.5 Å². The number of hydrogen-bond acceptors (Lipinski definition) is 8. The molecule has 4 rings (SSSR count). The molecule has 10 nitrogen and oxygen atoms in total. The number of phosphoric acid groups is 1. The first kappa shape index (κ1) is 24.6. The van der Waals surface area contributed by atoms with Crippen molar-refractivity contribution in [2.75, 3.05) is 13.2 Å². The fraction of sp³-hybridized carbons (Fsp3) is 0.174. The maximum Gasteiger partial charge on any atom is 0.587 e. The van der Waals surface area contributed by atoms with Crippen LogP contribution in [-0.4, -0.2) is 30.6 Å². The number of pyridine rings is 1.